The quantitative estimate of drug-likeness (QED) is 0.0382. The van der Waals surface area contributed by atoms with Crippen molar-refractivity contribution in [1.29, 1.82) is 0 Å². The first-order chi connectivity index (χ1) is 39.2. The average Bonchev–Trinajstić information content (AvgIpc) is 2.16. The second-order valence-corrected chi connectivity index (χ2v) is 26.0. The molecule has 0 radical (unpaired) electrons. The van der Waals surface area contributed by atoms with Gasteiger partial charge in [-0.05, 0) is 117 Å². The lowest BCUT2D eigenvalue weighted by atomic mass is 9.83. The predicted octanol–water partition coefficient (Wildman–Crippen LogP) is -0.741. The van der Waals surface area contributed by atoms with Crippen LogP contribution in [0.4, 0.5) is 24.0 Å². The van der Waals surface area contributed by atoms with E-state index in [4.69, 9.17) is 52.1 Å². The van der Waals surface area contributed by atoms with E-state index in [-0.39, 0.29) is 32.7 Å². The monoisotopic (exact) mass is 1230 g/mol. The third-order valence-electron chi connectivity index (χ3n) is 12.4. The SMILES string of the molecule is CC(C)(C)OC(=O)NCC[C@H](O)C(=O)N[C@@H]1C[C@H](NC(=O)OC(C)(C)C)[C@@H](O[C@H]2O[C@H](CNCCO)C=C[C@H]2NC(=O)OC(C)(C)C)[C@H](O[C@@H]2O[C@H](CO)[C@@H](O[C@H]3O[C@@H](CNC(=O)OC(C)(C)C)[C@@H](O)[C@H](O)[C@H]3NC(=O)OC(C)(C)C)[C@H]2O)[C@H]1O. The number of aliphatic hydroxyl groups excluding tert-OH is 7. The molecule has 0 aromatic rings. The predicted molar refractivity (Wildman–Crippen MR) is 296 cm³/mol. The molecule has 4 aliphatic rings. The van der Waals surface area contributed by atoms with Crippen LogP contribution in [-0.2, 0) is 56.9 Å². The van der Waals surface area contributed by atoms with Gasteiger partial charge in [0.25, 0.3) is 0 Å². The fourth-order valence-corrected chi connectivity index (χ4v) is 8.97. The number of carbonyl (C=O) groups is 6. The van der Waals surface area contributed by atoms with Gasteiger partial charge in [-0.1, -0.05) is 12.2 Å². The molecule has 0 aromatic carbocycles. The minimum atomic E-state index is -2.03. The third-order valence-corrected chi connectivity index (χ3v) is 12.4. The first-order valence-corrected chi connectivity index (χ1v) is 28.3. The van der Waals surface area contributed by atoms with Gasteiger partial charge in [0.15, 0.2) is 18.9 Å². The molecular weight excluding hydrogens is 1130 g/mol. The van der Waals surface area contributed by atoms with Gasteiger partial charge in [-0.25, -0.2) is 24.0 Å². The maximum Gasteiger partial charge on any atom is 0.408 e. The zero-order valence-corrected chi connectivity index (χ0v) is 51.3. The Morgan fingerprint density at radius 1 is 0.506 bits per heavy atom. The van der Waals surface area contributed by atoms with Crippen LogP contribution >= 0.6 is 0 Å². The molecule has 3 fully saturated rings. The highest BCUT2D eigenvalue weighted by Crippen LogP contribution is 2.36. The molecule has 0 unspecified atom stereocenters. The Morgan fingerprint density at radius 2 is 1.01 bits per heavy atom. The number of hydrogen-bond donors (Lipinski definition) is 14. The molecule has 3 aliphatic heterocycles. The molecule has 4 rings (SSSR count). The van der Waals surface area contributed by atoms with E-state index in [1.54, 1.807) is 116 Å². The lowest BCUT2D eigenvalue weighted by Gasteiger charge is -2.47. The number of alkyl carbamates (subject to hydrolysis) is 5. The van der Waals surface area contributed by atoms with Crippen LogP contribution < -0.4 is 37.2 Å². The van der Waals surface area contributed by atoms with Crippen LogP contribution in [0.15, 0.2) is 12.2 Å². The van der Waals surface area contributed by atoms with Crippen molar-refractivity contribution in [2.75, 3.05) is 39.4 Å². The smallest absolute Gasteiger partial charge is 0.408 e. The largest absolute Gasteiger partial charge is 0.444 e. The highest BCUT2D eigenvalue weighted by molar-refractivity contribution is 5.81. The number of ether oxygens (including phenoxy) is 11. The van der Waals surface area contributed by atoms with Crippen molar-refractivity contribution in [1.82, 2.24) is 37.2 Å². The van der Waals surface area contributed by atoms with Crippen LogP contribution in [0.25, 0.3) is 0 Å². The van der Waals surface area contributed by atoms with E-state index in [0.717, 1.165) is 0 Å². The van der Waals surface area contributed by atoms with Crippen molar-refractivity contribution in [3.05, 3.63) is 12.2 Å². The topological polar surface area (TPSA) is 430 Å². The van der Waals surface area contributed by atoms with Crippen molar-refractivity contribution in [3.8, 4) is 0 Å². The van der Waals surface area contributed by atoms with Crippen LogP contribution in [0.3, 0.4) is 0 Å². The van der Waals surface area contributed by atoms with Gasteiger partial charge in [-0.2, -0.15) is 0 Å². The van der Waals surface area contributed by atoms with Crippen LogP contribution in [0, 0.1) is 0 Å². The summed E-state index contributed by atoms with van der Waals surface area (Å²) in [6.07, 6.45) is -26.3. The van der Waals surface area contributed by atoms with Crippen LogP contribution in [0.1, 0.15) is 117 Å². The van der Waals surface area contributed by atoms with Gasteiger partial charge in [-0.3, -0.25) is 4.79 Å². The summed E-state index contributed by atoms with van der Waals surface area (Å²) in [5, 5.41) is 97.3. The first-order valence-electron chi connectivity index (χ1n) is 28.3. The average molecular weight is 1230 g/mol. The molecule has 1 saturated carbocycles. The summed E-state index contributed by atoms with van der Waals surface area (Å²) in [6.45, 7) is 22.6. The highest BCUT2D eigenvalue weighted by atomic mass is 16.8. The normalized spacial score (nSPS) is 31.3. The van der Waals surface area contributed by atoms with E-state index in [9.17, 15) is 64.5 Å². The molecule has 14 N–H and O–H groups in total. The minimum Gasteiger partial charge on any atom is -0.444 e. The fourth-order valence-electron chi connectivity index (χ4n) is 8.97. The van der Waals surface area contributed by atoms with Crippen molar-refractivity contribution in [2.24, 2.45) is 0 Å². The Kier molecular flexibility index (Phi) is 26.2. The molecule has 0 spiro atoms. The van der Waals surface area contributed by atoms with Crippen molar-refractivity contribution in [3.63, 3.8) is 0 Å². The van der Waals surface area contributed by atoms with Crippen LogP contribution in [0.2, 0.25) is 0 Å². The summed E-state index contributed by atoms with van der Waals surface area (Å²) < 4.78 is 65.1. The van der Waals surface area contributed by atoms with Gasteiger partial charge in [0, 0.05) is 26.2 Å². The second-order valence-electron chi connectivity index (χ2n) is 26.0. The molecule has 0 bridgehead atoms. The number of amides is 6. The van der Waals surface area contributed by atoms with Gasteiger partial charge in [0.2, 0.25) is 5.91 Å². The van der Waals surface area contributed by atoms with Crippen molar-refractivity contribution < 1.29 is 117 Å². The van der Waals surface area contributed by atoms with E-state index in [1.807, 2.05) is 0 Å². The molecule has 31 nitrogen and oxygen atoms in total. The third kappa shape index (κ3) is 24.2. The first kappa shape index (κ1) is 72.5. The van der Waals surface area contributed by atoms with Gasteiger partial charge < -0.3 is 125 Å². The molecule has 18 atom stereocenters. The maximum absolute atomic E-state index is 13.8. The van der Waals surface area contributed by atoms with Crippen LogP contribution in [0.5, 0.6) is 0 Å². The van der Waals surface area contributed by atoms with E-state index >= 15 is 0 Å². The van der Waals surface area contributed by atoms with Gasteiger partial charge in [-0.15, -0.1) is 0 Å². The zero-order chi connectivity index (χ0) is 64.2. The summed E-state index contributed by atoms with van der Waals surface area (Å²) in [4.78, 5) is 79.3. The lowest BCUT2D eigenvalue weighted by molar-refractivity contribution is -0.287. The molecule has 31 heteroatoms. The molecule has 2 saturated heterocycles. The Hall–Kier alpha value is -5.00. The summed E-state index contributed by atoms with van der Waals surface area (Å²) in [6, 6.07) is -5.73. The van der Waals surface area contributed by atoms with E-state index < -0.39 is 194 Å². The standard InChI is InChI=1S/C54H95N7O24/c1-50(2,3)81-45(70)56-19-18-30(64)41(69)58-28-22-29(60-48(73)84-53(10,11)12)38(78-42-27(59-47(72)83-52(7,8)9)17-16-26(75-42)23-55-20-21-62)40(34(28)65)80-44-37(68)39(32(25-63)77-44)79-43-33(61-49(74)85-54(13,14)15)36(67)35(66)31(76-43)24-57-46(71)82-51(4,5)6/h16-17,26-40,42-44,55,62-68H,18-25H2,1-15H3,(H,56,70)(H,57,71)(H,58,69)(H,59,72)(H,60,73)(H,61,74)/t26-,27+,28+,29-,30-,31-,32+,33+,34-,35+,36+,37+,38+,39+,40+,42+,43+,44-/m0/s1. The van der Waals surface area contributed by atoms with Gasteiger partial charge >= 0.3 is 30.5 Å². The number of hydrogen-bond acceptors (Lipinski definition) is 25. The van der Waals surface area contributed by atoms with Gasteiger partial charge in [0.1, 0.15) is 101 Å². The van der Waals surface area contributed by atoms with E-state index in [0.29, 0.717) is 0 Å². The number of aliphatic hydroxyl groups is 7. The van der Waals surface area contributed by atoms with E-state index in [1.165, 1.54) is 0 Å². The van der Waals surface area contributed by atoms with Gasteiger partial charge in [0.05, 0.1) is 31.4 Å². The molecule has 1 aliphatic carbocycles. The van der Waals surface area contributed by atoms with Crippen molar-refractivity contribution in [2.45, 2.75) is 255 Å². The number of carbonyl (C=O) groups excluding carboxylic acids is 6. The zero-order valence-electron chi connectivity index (χ0n) is 51.3. The Balaban J connectivity index is 1.80. The van der Waals surface area contributed by atoms with E-state index in [2.05, 4.69) is 37.2 Å². The number of nitrogens with one attached hydrogen (secondary N) is 7. The summed E-state index contributed by atoms with van der Waals surface area (Å²) in [5.41, 5.74) is -4.90. The fraction of sp³-hybridized carbons (Fsp3) is 0.852. The maximum atomic E-state index is 13.8. The Bertz CT molecular complexity index is 2210. The minimum absolute atomic E-state index is 0.106. The summed E-state index contributed by atoms with van der Waals surface area (Å²) in [7, 11) is 0. The molecule has 490 valence electrons. The number of rotatable bonds is 21. The summed E-state index contributed by atoms with van der Waals surface area (Å²) >= 11 is 0. The molecular formula is C54H95N7O24. The highest BCUT2D eigenvalue weighted by Gasteiger charge is 2.56. The lowest BCUT2D eigenvalue weighted by Crippen LogP contribution is -2.68. The summed E-state index contributed by atoms with van der Waals surface area (Å²) in [5.74, 6) is -1.05. The van der Waals surface area contributed by atoms with Crippen molar-refractivity contribution >= 4 is 36.4 Å². The second kappa shape index (κ2) is 30.8. The molecule has 6 amide bonds. The Morgan fingerprint density at radius 3 is 1.56 bits per heavy atom. The molecule has 85 heavy (non-hydrogen) atoms. The van der Waals surface area contributed by atoms with Crippen LogP contribution in [-0.4, -0.2) is 250 Å². The molecule has 0 aromatic heterocycles. The Labute approximate surface area is 495 Å². The molecule has 3 heterocycles.